The molecule has 0 unspecified atom stereocenters. The second-order valence-corrected chi connectivity index (χ2v) is 4.89. The van der Waals surface area contributed by atoms with Gasteiger partial charge >= 0.3 is 0 Å². The van der Waals surface area contributed by atoms with Crippen LogP contribution in [0, 0.1) is 11.3 Å². The Morgan fingerprint density at radius 3 is 2.54 bits per heavy atom. The second-order valence-electron chi connectivity index (χ2n) is 4.89. The van der Waals surface area contributed by atoms with Crippen LogP contribution in [0.25, 0.3) is 5.70 Å². The third-order valence-corrected chi connectivity index (χ3v) is 3.26. The molecular weight excluding hydrogens is 304 g/mol. The summed E-state index contributed by atoms with van der Waals surface area (Å²) in [6.45, 7) is 3.93. The molecule has 6 nitrogen and oxygen atoms in total. The van der Waals surface area contributed by atoms with Crippen LogP contribution in [0.15, 0.2) is 55.1 Å². The molecule has 0 saturated heterocycles. The molecule has 0 aromatic heterocycles. The van der Waals surface area contributed by atoms with E-state index in [0.29, 0.717) is 17.0 Å². The van der Waals surface area contributed by atoms with E-state index in [2.05, 4.69) is 22.7 Å². The lowest BCUT2D eigenvalue weighted by Gasteiger charge is -2.13. The number of methoxy groups -OCH3 is 1. The average Bonchev–Trinajstić information content (AvgIpc) is 2.64. The van der Waals surface area contributed by atoms with Gasteiger partial charge in [0.2, 0.25) is 0 Å². The van der Waals surface area contributed by atoms with Crippen LogP contribution >= 0.6 is 0 Å². The molecule has 6 heteroatoms. The topological polar surface area (TPSA) is 86.2 Å². The first-order chi connectivity index (χ1) is 11.6. The maximum Gasteiger partial charge on any atom is 0.257 e. The van der Waals surface area contributed by atoms with E-state index in [9.17, 15) is 4.79 Å². The summed E-state index contributed by atoms with van der Waals surface area (Å²) in [5, 5.41) is 11.8. The Labute approximate surface area is 140 Å². The van der Waals surface area contributed by atoms with E-state index in [4.69, 9.17) is 10.00 Å². The highest BCUT2D eigenvalue weighted by Crippen LogP contribution is 2.22. The Kier molecular flexibility index (Phi) is 5.81. The van der Waals surface area contributed by atoms with Gasteiger partial charge < -0.3 is 10.1 Å². The number of rotatable bonds is 7. The highest BCUT2D eigenvalue weighted by Gasteiger charge is 2.05. The number of benzene rings is 2. The van der Waals surface area contributed by atoms with Gasteiger partial charge in [-0.3, -0.25) is 15.6 Å². The summed E-state index contributed by atoms with van der Waals surface area (Å²) in [5.74, 6) is 0.413. The molecule has 122 valence electrons. The van der Waals surface area contributed by atoms with Crippen molar-refractivity contribution in [1.82, 2.24) is 10.9 Å². The van der Waals surface area contributed by atoms with Crippen LogP contribution < -0.4 is 20.9 Å². The van der Waals surface area contributed by atoms with Crippen molar-refractivity contribution in [3.8, 4) is 11.8 Å². The molecule has 0 radical (unpaired) electrons. The lowest BCUT2D eigenvalue weighted by atomic mass is 10.1. The van der Waals surface area contributed by atoms with Crippen LogP contribution in [-0.2, 0) is 4.79 Å². The molecule has 0 saturated carbocycles. The normalized spacial score (nSPS) is 9.50. The minimum atomic E-state index is -0.254. The summed E-state index contributed by atoms with van der Waals surface area (Å²) in [4.78, 5) is 11.9. The van der Waals surface area contributed by atoms with Crippen LogP contribution in [-0.4, -0.2) is 19.6 Å². The van der Waals surface area contributed by atoms with Gasteiger partial charge in [-0.05, 0) is 29.8 Å². The van der Waals surface area contributed by atoms with Crippen molar-refractivity contribution < 1.29 is 9.53 Å². The maximum absolute atomic E-state index is 11.9. The van der Waals surface area contributed by atoms with Crippen molar-refractivity contribution in [3.05, 3.63) is 66.2 Å². The van der Waals surface area contributed by atoms with Crippen molar-refractivity contribution in [3.63, 3.8) is 0 Å². The Morgan fingerprint density at radius 2 is 1.88 bits per heavy atom. The van der Waals surface area contributed by atoms with Crippen molar-refractivity contribution >= 4 is 17.3 Å². The fourth-order valence-corrected chi connectivity index (χ4v) is 1.97. The molecule has 0 aliphatic heterocycles. The number of carbonyl (C=O) groups excluding carboxylic acids is 1. The van der Waals surface area contributed by atoms with Gasteiger partial charge in [0.1, 0.15) is 5.75 Å². The molecule has 0 aliphatic carbocycles. The fourth-order valence-electron chi connectivity index (χ4n) is 1.97. The summed E-state index contributed by atoms with van der Waals surface area (Å²) < 4.78 is 5.21. The van der Waals surface area contributed by atoms with E-state index >= 15 is 0 Å². The fraction of sp³-hybridized carbons (Fsp3) is 0.111. The number of nitriles is 1. The number of hydrogen-bond acceptors (Lipinski definition) is 5. The third kappa shape index (κ3) is 4.52. The summed E-state index contributed by atoms with van der Waals surface area (Å²) in [6, 6.07) is 16.3. The van der Waals surface area contributed by atoms with Crippen LogP contribution in [0.5, 0.6) is 5.75 Å². The molecule has 0 spiro atoms. The van der Waals surface area contributed by atoms with Gasteiger partial charge in [0.25, 0.3) is 5.91 Å². The number of nitrogens with one attached hydrogen (secondary N) is 3. The predicted octanol–water partition coefficient (Wildman–Crippen LogP) is 2.27. The van der Waals surface area contributed by atoms with Crippen LogP contribution in [0.3, 0.4) is 0 Å². The van der Waals surface area contributed by atoms with E-state index in [-0.39, 0.29) is 12.5 Å². The minimum Gasteiger partial charge on any atom is -0.495 e. The van der Waals surface area contributed by atoms with Gasteiger partial charge in [-0.15, -0.1) is 0 Å². The number of hydrazine groups is 1. The molecule has 24 heavy (non-hydrogen) atoms. The number of amides is 1. The SMILES string of the molecule is C=C(NNC(=O)CNc1ccccc1OC)c1ccc(C#N)cc1. The molecule has 3 N–H and O–H groups in total. The number of ether oxygens (including phenoxy) is 1. The monoisotopic (exact) mass is 322 g/mol. The van der Waals surface area contributed by atoms with E-state index < -0.39 is 0 Å². The van der Waals surface area contributed by atoms with E-state index in [1.807, 2.05) is 30.3 Å². The number of carbonyl (C=O) groups is 1. The van der Waals surface area contributed by atoms with E-state index in [0.717, 1.165) is 11.3 Å². The second kappa shape index (κ2) is 8.25. The van der Waals surface area contributed by atoms with Gasteiger partial charge in [0.15, 0.2) is 0 Å². The molecule has 1 amide bonds. The Bertz CT molecular complexity index is 763. The van der Waals surface area contributed by atoms with Crippen LogP contribution in [0.4, 0.5) is 5.69 Å². The third-order valence-electron chi connectivity index (χ3n) is 3.26. The standard InChI is InChI=1S/C18H18N4O2/c1-13(15-9-7-14(11-19)8-10-15)21-22-18(23)12-20-16-5-3-4-6-17(16)24-2/h3-10,20-21H,1,12H2,2H3,(H,22,23). The highest BCUT2D eigenvalue weighted by atomic mass is 16.5. The molecule has 0 heterocycles. The molecule has 0 bridgehead atoms. The minimum absolute atomic E-state index is 0.0774. The van der Waals surface area contributed by atoms with Gasteiger partial charge in [-0.25, -0.2) is 0 Å². The Morgan fingerprint density at radius 1 is 1.17 bits per heavy atom. The van der Waals surface area contributed by atoms with E-state index in [1.54, 1.807) is 31.4 Å². The van der Waals surface area contributed by atoms with Crippen LogP contribution in [0.1, 0.15) is 11.1 Å². The summed E-state index contributed by atoms with van der Waals surface area (Å²) in [7, 11) is 1.57. The van der Waals surface area contributed by atoms with Crippen molar-refractivity contribution in [2.24, 2.45) is 0 Å². The molecule has 0 atom stereocenters. The zero-order chi connectivity index (χ0) is 17.4. The van der Waals surface area contributed by atoms with E-state index in [1.165, 1.54) is 0 Å². The molecular formula is C18H18N4O2. The number of para-hydroxylation sites is 2. The van der Waals surface area contributed by atoms with Gasteiger partial charge in [-0.1, -0.05) is 30.8 Å². The number of nitrogens with zero attached hydrogens (tertiary/aromatic N) is 1. The average molecular weight is 322 g/mol. The Balaban J connectivity index is 1.82. The first-order valence-electron chi connectivity index (χ1n) is 7.25. The van der Waals surface area contributed by atoms with Crippen molar-refractivity contribution in [1.29, 1.82) is 5.26 Å². The molecule has 0 fully saturated rings. The molecule has 2 rings (SSSR count). The van der Waals surface area contributed by atoms with Gasteiger partial charge in [0, 0.05) is 0 Å². The maximum atomic E-state index is 11.9. The number of hydrogen-bond donors (Lipinski definition) is 3. The van der Waals surface area contributed by atoms with Crippen molar-refractivity contribution in [2.75, 3.05) is 19.0 Å². The quantitative estimate of drug-likeness (QED) is 0.681. The van der Waals surface area contributed by atoms with Gasteiger partial charge in [0.05, 0.1) is 36.7 Å². The molecule has 2 aromatic rings. The first-order valence-corrected chi connectivity index (χ1v) is 7.25. The highest BCUT2D eigenvalue weighted by molar-refractivity contribution is 5.82. The predicted molar refractivity (Wildman–Crippen MR) is 93.0 cm³/mol. The first kappa shape index (κ1) is 16.9. The van der Waals surface area contributed by atoms with Crippen LogP contribution in [0.2, 0.25) is 0 Å². The summed E-state index contributed by atoms with van der Waals surface area (Å²) >= 11 is 0. The Hall–Kier alpha value is -3.46. The zero-order valence-corrected chi connectivity index (χ0v) is 13.3. The summed E-state index contributed by atoms with van der Waals surface area (Å²) in [6.07, 6.45) is 0. The molecule has 2 aromatic carbocycles. The smallest absolute Gasteiger partial charge is 0.257 e. The lowest BCUT2D eigenvalue weighted by molar-refractivity contribution is -0.120. The van der Waals surface area contributed by atoms with Gasteiger partial charge in [-0.2, -0.15) is 5.26 Å². The number of anilines is 1. The largest absolute Gasteiger partial charge is 0.495 e. The van der Waals surface area contributed by atoms with Crippen molar-refractivity contribution in [2.45, 2.75) is 0 Å². The zero-order valence-electron chi connectivity index (χ0n) is 13.3. The molecule has 0 aliphatic rings. The summed E-state index contributed by atoms with van der Waals surface area (Å²) in [5.41, 5.74) is 7.93. The lowest BCUT2D eigenvalue weighted by Crippen LogP contribution is -2.39.